The Bertz CT molecular complexity index is 103. The SMILES string of the molecule is C/C=C\C(Cl)=C/CCl. The van der Waals surface area contributed by atoms with E-state index in [1.54, 1.807) is 12.2 Å². The van der Waals surface area contributed by atoms with E-state index in [0.717, 1.165) is 0 Å². The molecule has 0 bridgehead atoms. The van der Waals surface area contributed by atoms with Gasteiger partial charge in [0.25, 0.3) is 0 Å². The minimum Gasteiger partial charge on any atom is -0.122 e. The fraction of sp³-hybridized carbons (Fsp3) is 0.333. The van der Waals surface area contributed by atoms with Crippen molar-refractivity contribution in [2.75, 3.05) is 5.88 Å². The Kier molecular flexibility index (Phi) is 5.24. The van der Waals surface area contributed by atoms with Gasteiger partial charge >= 0.3 is 0 Å². The Morgan fingerprint density at radius 3 is 2.62 bits per heavy atom. The van der Waals surface area contributed by atoms with E-state index in [1.165, 1.54) is 0 Å². The molecule has 0 aliphatic rings. The van der Waals surface area contributed by atoms with Crippen molar-refractivity contribution >= 4 is 23.2 Å². The fourth-order valence-corrected chi connectivity index (χ4v) is 0.749. The van der Waals surface area contributed by atoms with Crippen LogP contribution in [0.15, 0.2) is 23.3 Å². The molecule has 0 radical (unpaired) electrons. The summed E-state index contributed by atoms with van der Waals surface area (Å²) in [6, 6.07) is 0. The lowest BCUT2D eigenvalue weighted by atomic mass is 10.4. The molecule has 0 amide bonds. The Balaban J connectivity index is 3.61. The molecule has 0 aromatic heterocycles. The van der Waals surface area contributed by atoms with Crippen molar-refractivity contribution in [3.63, 3.8) is 0 Å². The summed E-state index contributed by atoms with van der Waals surface area (Å²) >= 11 is 10.9. The summed E-state index contributed by atoms with van der Waals surface area (Å²) in [5.74, 6) is 0.475. The molecule has 0 heterocycles. The molecule has 0 saturated carbocycles. The molecule has 0 rings (SSSR count). The molecule has 0 fully saturated rings. The summed E-state index contributed by atoms with van der Waals surface area (Å²) in [4.78, 5) is 0. The van der Waals surface area contributed by atoms with Crippen molar-refractivity contribution < 1.29 is 0 Å². The highest BCUT2D eigenvalue weighted by Gasteiger charge is 1.78. The van der Waals surface area contributed by atoms with Gasteiger partial charge in [-0.15, -0.1) is 11.6 Å². The average Bonchev–Trinajstić information content (AvgIpc) is 1.68. The molecule has 0 nitrogen and oxygen atoms in total. The van der Waals surface area contributed by atoms with Crippen LogP contribution in [0.3, 0.4) is 0 Å². The monoisotopic (exact) mass is 150 g/mol. The van der Waals surface area contributed by atoms with Crippen LogP contribution < -0.4 is 0 Å². The molecule has 0 atom stereocenters. The number of allylic oxidation sites excluding steroid dienone is 4. The highest BCUT2D eigenvalue weighted by Crippen LogP contribution is 2.02. The van der Waals surface area contributed by atoms with Crippen LogP contribution in [-0.2, 0) is 0 Å². The zero-order chi connectivity index (χ0) is 6.41. The number of hydrogen-bond acceptors (Lipinski definition) is 0. The maximum Gasteiger partial charge on any atom is 0.0421 e. The van der Waals surface area contributed by atoms with Gasteiger partial charge in [-0.05, 0) is 13.0 Å². The Hall–Kier alpha value is 0.0600. The van der Waals surface area contributed by atoms with Gasteiger partial charge in [0, 0.05) is 10.9 Å². The first-order chi connectivity index (χ1) is 3.81. The van der Waals surface area contributed by atoms with E-state index in [0.29, 0.717) is 10.9 Å². The molecule has 0 N–H and O–H groups in total. The molecule has 0 unspecified atom stereocenters. The zero-order valence-corrected chi connectivity index (χ0v) is 6.21. The van der Waals surface area contributed by atoms with E-state index < -0.39 is 0 Å². The molecular weight excluding hydrogens is 143 g/mol. The normalized spacial score (nSPS) is 13.1. The van der Waals surface area contributed by atoms with E-state index in [4.69, 9.17) is 23.2 Å². The molecule has 0 spiro atoms. The first-order valence-corrected chi connectivity index (χ1v) is 3.27. The van der Waals surface area contributed by atoms with Gasteiger partial charge in [0.05, 0.1) is 0 Å². The summed E-state index contributed by atoms with van der Waals surface area (Å²) in [6.07, 6.45) is 5.40. The molecular formula is C6H8Cl2. The van der Waals surface area contributed by atoms with Crippen LogP contribution in [-0.4, -0.2) is 5.88 Å². The lowest BCUT2D eigenvalue weighted by Crippen LogP contribution is -1.63. The van der Waals surface area contributed by atoms with E-state index in [1.807, 2.05) is 13.0 Å². The second kappa shape index (κ2) is 5.20. The maximum atomic E-state index is 5.57. The van der Waals surface area contributed by atoms with Gasteiger partial charge in [0.1, 0.15) is 0 Å². The summed E-state index contributed by atoms with van der Waals surface area (Å²) in [7, 11) is 0. The van der Waals surface area contributed by atoms with Gasteiger partial charge in [0.2, 0.25) is 0 Å². The van der Waals surface area contributed by atoms with Crippen LogP contribution >= 0.6 is 23.2 Å². The third-order valence-corrected chi connectivity index (χ3v) is 1.03. The Morgan fingerprint density at radius 2 is 2.25 bits per heavy atom. The summed E-state index contributed by atoms with van der Waals surface area (Å²) in [5.41, 5.74) is 0. The van der Waals surface area contributed by atoms with Crippen LogP contribution in [0, 0.1) is 0 Å². The van der Waals surface area contributed by atoms with Crippen molar-refractivity contribution in [1.82, 2.24) is 0 Å². The number of alkyl halides is 1. The Labute approximate surface area is 59.8 Å². The van der Waals surface area contributed by atoms with Crippen LogP contribution in [0.1, 0.15) is 6.92 Å². The third-order valence-electron chi connectivity index (χ3n) is 0.598. The lowest BCUT2D eigenvalue weighted by molar-refractivity contribution is 1.66. The first-order valence-electron chi connectivity index (χ1n) is 2.35. The molecule has 2 heteroatoms. The van der Waals surface area contributed by atoms with Crippen LogP contribution in [0.5, 0.6) is 0 Å². The first kappa shape index (κ1) is 8.06. The predicted octanol–water partition coefficient (Wildman–Crippen LogP) is 2.92. The fourth-order valence-electron chi connectivity index (χ4n) is 0.301. The highest BCUT2D eigenvalue weighted by atomic mass is 35.5. The van der Waals surface area contributed by atoms with Crippen molar-refractivity contribution in [3.05, 3.63) is 23.3 Å². The summed E-state index contributed by atoms with van der Waals surface area (Å²) in [5, 5.41) is 0.697. The second-order valence-corrected chi connectivity index (χ2v) is 1.99. The van der Waals surface area contributed by atoms with Crippen LogP contribution in [0.4, 0.5) is 0 Å². The van der Waals surface area contributed by atoms with E-state index in [9.17, 15) is 0 Å². The summed E-state index contributed by atoms with van der Waals surface area (Å²) < 4.78 is 0. The minimum atomic E-state index is 0.475. The van der Waals surface area contributed by atoms with Gasteiger partial charge < -0.3 is 0 Å². The van der Waals surface area contributed by atoms with E-state index in [-0.39, 0.29) is 0 Å². The van der Waals surface area contributed by atoms with Crippen molar-refractivity contribution in [3.8, 4) is 0 Å². The molecule has 0 aromatic carbocycles. The number of rotatable bonds is 2. The highest BCUT2D eigenvalue weighted by molar-refractivity contribution is 6.31. The average molecular weight is 151 g/mol. The quantitative estimate of drug-likeness (QED) is 0.420. The number of halogens is 2. The standard InChI is InChI=1S/C6H8Cl2/c1-2-3-6(8)4-5-7/h2-4H,5H2,1H3/b3-2-,6-4+. The van der Waals surface area contributed by atoms with Crippen LogP contribution in [0.25, 0.3) is 0 Å². The summed E-state index contributed by atoms with van der Waals surface area (Å²) in [6.45, 7) is 1.91. The maximum absolute atomic E-state index is 5.57. The van der Waals surface area contributed by atoms with Gasteiger partial charge in [-0.25, -0.2) is 0 Å². The minimum absolute atomic E-state index is 0.475. The van der Waals surface area contributed by atoms with Crippen molar-refractivity contribution in [2.24, 2.45) is 0 Å². The van der Waals surface area contributed by atoms with Gasteiger partial charge in [-0.1, -0.05) is 23.8 Å². The Morgan fingerprint density at radius 1 is 1.62 bits per heavy atom. The topological polar surface area (TPSA) is 0 Å². The molecule has 0 aliphatic heterocycles. The molecule has 46 valence electrons. The molecule has 0 aromatic rings. The van der Waals surface area contributed by atoms with E-state index in [2.05, 4.69) is 0 Å². The van der Waals surface area contributed by atoms with Gasteiger partial charge in [-0.3, -0.25) is 0 Å². The largest absolute Gasteiger partial charge is 0.122 e. The molecule has 0 aliphatic carbocycles. The van der Waals surface area contributed by atoms with Crippen molar-refractivity contribution in [2.45, 2.75) is 6.92 Å². The third kappa shape index (κ3) is 4.23. The van der Waals surface area contributed by atoms with Crippen molar-refractivity contribution in [1.29, 1.82) is 0 Å². The smallest absolute Gasteiger partial charge is 0.0421 e. The van der Waals surface area contributed by atoms with E-state index >= 15 is 0 Å². The number of hydrogen-bond donors (Lipinski definition) is 0. The molecule has 0 saturated heterocycles. The lowest BCUT2D eigenvalue weighted by Gasteiger charge is -1.81. The van der Waals surface area contributed by atoms with Crippen LogP contribution in [0.2, 0.25) is 0 Å². The van der Waals surface area contributed by atoms with Gasteiger partial charge in [-0.2, -0.15) is 0 Å². The zero-order valence-electron chi connectivity index (χ0n) is 4.70. The predicted molar refractivity (Wildman–Crippen MR) is 39.5 cm³/mol. The van der Waals surface area contributed by atoms with Gasteiger partial charge in [0.15, 0.2) is 0 Å². The second-order valence-electron chi connectivity index (χ2n) is 1.24. The molecule has 8 heavy (non-hydrogen) atoms.